The van der Waals surface area contributed by atoms with Gasteiger partial charge in [-0.15, -0.1) is 0 Å². The summed E-state index contributed by atoms with van der Waals surface area (Å²) < 4.78 is 5.67. The third-order valence-corrected chi connectivity index (χ3v) is 3.79. The van der Waals surface area contributed by atoms with Crippen LogP contribution in [0.15, 0.2) is 33.5 Å². The Balaban J connectivity index is 1.77. The first-order valence-corrected chi connectivity index (χ1v) is 7.67. The Morgan fingerprint density at radius 2 is 2.00 bits per heavy atom. The topological polar surface area (TPSA) is 47.4 Å². The highest BCUT2D eigenvalue weighted by Crippen LogP contribution is 2.29. The molecule has 0 saturated carbocycles. The molecule has 0 spiro atoms. The predicted molar refractivity (Wildman–Crippen MR) is 87.1 cm³/mol. The molecule has 0 N–H and O–H groups in total. The normalized spacial score (nSPS) is 19.7. The van der Waals surface area contributed by atoms with Gasteiger partial charge in [-0.2, -0.15) is 0 Å². The number of nitrogens with zero attached hydrogens (tertiary/aromatic N) is 3. The fourth-order valence-electron chi connectivity index (χ4n) is 2.08. The zero-order valence-corrected chi connectivity index (χ0v) is 13.8. The molecule has 22 heavy (non-hydrogen) atoms. The zero-order valence-electron chi connectivity index (χ0n) is 11.5. The Morgan fingerprint density at radius 3 is 2.73 bits per heavy atom. The van der Waals surface area contributed by atoms with Gasteiger partial charge in [0.15, 0.2) is 5.82 Å². The van der Waals surface area contributed by atoms with Gasteiger partial charge in [-0.05, 0) is 13.0 Å². The molecule has 0 saturated heterocycles. The molecule has 112 valence electrons. The molecule has 2 heterocycles. The molecule has 2 aliphatic rings. The maximum absolute atomic E-state index is 6.34. The van der Waals surface area contributed by atoms with Crippen LogP contribution in [0.25, 0.3) is 0 Å². The lowest BCUT2D eigenvalue weighted by Crippen LogP contribution is -2.16. The van der Waals surface area contributed by atoms with E-state index in [4.69, 9.17) is 39.5 Å². The molecule has 1 aliphatic heterocycles. The van der Waals surface area contributed by atoms with E-state index in [1.807, 2.05) is 13.0 Å². The minimum atomic E-state index is 0.00101. The quantitative estimate of drug-likeness (QED) is 0.610. The van der Waals surface area contributed by atoms with Gasteiger partial charge in [-0.25, -0.2) is 9.97 Å². The van der Waals surface area contributed by atoms with E-state index in [9.17, 15) is 0 Å². The Kier molecular flexibility index (Phi) is 4.39. The second-order valence-electron chi connectivity index (χ2n) is 4.70. The van der Waals surface area contributed by atoms with E-state index >= 15 is 0 Å². The van der Waals surface area contributed by atoms with Crippen LogP contribution < -0.4 is 0 Å². The number of hydrogen-bond donors (Lipinski definition) is 0. The molecule has 3 rings (SSSR count). The second-order valence-corrected chi connectivity index (χ2v) is 5.85. The van der Waals surface area contributed by atoms with Crippen LogP contribution in [0, 0.1) is 11.8 Å². The summed E-state index contributed by atoms with van der Waals surface area (Å²) >= 11 is 18.0. The van der Waals surface area contributed by atoms with Crippen LogP contribution in [0.3, 0.4) is 0 Å². The van der Waals surface area contributed by atoms with Crippen molar-refractivity contribution in [2.75, 3.05) is 0 Å². The number of ether oxygens (including phenoxy) is 1. The lowest BCUT2D eigenvalue weighted by molar-refractivity contribution is 0.200. The van der Waals surface area contributed by atoms with E-state index < -0.39 is 0 Å². The SMILES string of the molecule is CC1C#CC2=C(Cl)C(OCc3nc(Cl)cc(Cl)n3)=CCC2=N1. The fourth-order valence-corrected chi connectivity index (χ4v) is 2.83. The molecular formula is C15H10Cl3N3O. The van der Waals surface area contributed by atoms with Gasteiger partial charge in [0.2, 0.25) is 0 Å². The first-order valence-electron chi connectivity index (χ1n) is 6.53. The zero-order chi connectivity index (χ0) is 15.7. The summed E-state index contributed by atoms with van der Waals surface area (Å²) in [4.78, 5) is 12.6. The van der Waals surface area contributed by atoms with E-state index in [2.05, 4.69) is 26.8 Å². The third kappa shape index (κ3) is 3.27. The van der Waals surface area contributed by atoms with Crippen LogP contribution in [0.4, 0.5) is 0 Å². The number of fused-ring (bicyclic) bond motifs is 1. The molecule has 4 nitrogen and oxygen atoms in total. The number of hydrogen-bond acceptors (Lipinski definition) is 4. The van der Waals surface area contributed by atoms with E-state index in [-0.39, 0.29) is 23.0 Å². The first kappa shape index (κ1) is 15.4. The van der Waals surface area contributed by atoms with Gasteiger partial charge in [0.1, 0.15) is 28.7 Å². The van der Waals surface area contributed by atoms with Crippen LogP contribution in [0.5, 0.6) is 0 Å². The standard InChI is InChI=1S/C15H10Cl3N3O/c1-8-2-3-9-10(19-8)4-5-11(15(9)18)22-7-14-20-12(16)6-13(17)21-14/h5-6,8H,4,7H2,1H3. The van der Waals surface area contributed by atoms with Crippen molar-refractivity contribution in [1.29, 1.82) is 0 Å². The summed E-state index contributed by atoms with van der Waals surface area (Å²) in [5.41, 5.74) is 1.62. The maximum Gasteiger partial charge on any atom is 0.169 e. The van der Waals surface area contributed by atoms with Crippen molar-refractivity contribution in [2.45, 2.75) is 26.0 Å². The lowest BCUT2D eigenvalue weighted by atomic mass is 9.99. The minimum Gasteiger partial charge on any atom is -0.484 e. The second kappa shape index (κ2) is 6.29. The van der Waals surface area contributed by atoms with Crippen LogP contribution >= 0.6 is 34.8 Å². The summed E-state index contributed by atoms with van der Waals surface area (Å²) in [6.45, 7) is 2.06. The van der Waals surface area contributed by atoms with Crippen molar-refractivity contribution >= 4 is 40.5 Å². The average Bonchev–Trinajstić information content (AvgIpc) is 2.45. The number of halogens is 3. The molecule has 7 heteroatoms. The average molecular weight is 355 g/mol. The smallest absolute Gasteiger partial charge is 0.169 e. The molecule has 0 aromatic carbocycles. The molecule has 0 bridgehead atoms. The molecular weight excluding hydrogens is 345 g/mol. The van der Waals surface area contributed by atoms with Crippen molar-refractivity contribution < 1.29 is 4.74 Å². The number of aliphatic imine (C=N–C) groups is 1. The van der Waals surface area contributed by atoms with Crippen molar-refractivity contribution in [1.82, 2.24) is 9.97 Å². The van der Waals surface area contributed by atoms with E-state index in [0.717, 1.165) is 11.3 Å². The molecule has 1 aromatic heterocycles. The minimum absolute atomic E-state index is 0.00101. The highest BCUT2D eigenvalue weighted by molar-refractivity contribution is 6.36. The monoisotopic (exact) mass is 353 g/mol. The van der Waals surface area contributed by atoms with E-state index in [1.54, 1.807) is 0 Å². The molecule has 0 radical (unpaired) electrons. The number of aromatic nitrogens is 2. The lowest BCUT2D eigenvalue weighted by Gasteiger charge is -2.19. The summed E-state index contributed by atoms with van der Waals surface area (Å²) in [7, 11) is 0. The van der Waals surface area contributed by atoms with Crippen molar-refractivity contribution in [3.63, 3.8) is 0 Å². The van der Waals surface area contributed by atoms with Crippen LogP contribution in [-0.4, -0.2) is 21.7 Å². The third-order valence-electron chi connectivity index (χ3n) is 3.03. The number of allylic oxidation sites excluding steroid dienone is 3. The van der Waals surface area contributed by atoms with Gasteiger partial charge in [-0.3, -0.25) is 4.99 Å². The molecule has 0 fully saturated rings. The molecule has 1 aliphatic carbocycles. The maximum atomic E-state index is 6.34. The van der Waals surface area contributed by atoms with Crippen LogP contribution in [-0.2, 0) is 11.3 Å². The van der Waals surface area contributed by atoms with Crippen molar-refractivity contribution in [3.8, 4) is 11.8 Å². The summed E-state index contributed by atoms with van der Waals surface area (Å²) in [5.74, 6) is 6.96. The number of rotatable bonds is 3. The summed E-state index contributed by atoms with van der Waals surface area (Å²) in [6, 6.07) is 1.46. The largest absolute Gasteiger partial charge is 0.484 e. The molecule has 1 atom stereocenters. The summed E-state index contributed by atoms with van der Waals surface area (Å²) in [5, 5.41) is 0.988. The van der Waals surface area contributed by atoms with E-state index in [0.29, 0.717) is 23.0 Å². The molecule has 0 amide bonds. The first-order chi connectivity index (χ1) is 10.5. The predicted octanol–water partition coefficient (Wildman–Crippen LogP) is 3.93. The van der Waals surface area contributed by atoms with Gasteiger partial charge >= 0.3 is 0 Å². The van der Waals surface area contributed by atoms with Crippen molar-refractivity contribution in [3.05, 3.63) is 44.6 Å². The van der Waals surface area contributed by atoms with Crippen LogP contribution in [0.1, 0.15) is 19.2 Å². The Bertz CT molecular complexity index is 767. The van der Waals surface area contributed by atoms with Crippen molar-refractivity contribution in [2.24, 2.45) is 4.99 Å². The Labute approximate surface area is 142 Å². The van der Waals surface area contributed by atoms with Gasteiger partial charge < -0.3 is 4.74 Å². The summed E-state index contributed by atoms with van der Waals surface area (Å²) in [6.07, 6.45) is 2.51. The van der Waals surface area contributed by atoms with Gasteiger partial charge in [0.05, 0.1) is 16.3 Å². The van der Waals surface area contributed by atoms with Crippen LogP contribution in [0.2, 0.25) is 10.3 Å². The highest BCUT2D eigenvalue weighted by atomic mass is 35.5. The Morgan fingerprint density at radius 1 is 1.27 bits per heavy atom. The van der Waals surface area contributed by atoms with E-state index in [1.165, 1.54) is 6.07 Å². The molecule has 1 aromatic rings. The van der Waals surface area contributed by atoms with Gasteiger partial charge in [-0.1, -0.05) is 46.6 Å². The molecule has 1 unspecified atom stereocenters. The van der Waals surface area contributed by atoms with Gasteiger partial charge in [0.25, 0.3) is 0 Å². The fraction of sp³-hybridized carbons (Fsp3) is 0.267. The Hall–Kier alpha value is -1.54. The highest BCUT2D eigenvalue weighted by Gasteiger charge is 2.22. The van der Waals surface area contributed by atoms with Gasteiger partial charge in [0, 0.05) is 12.5 Å².